The number of rotatable bonds is 4. The van der Waals surface area contributed by atoms with Crippen molar-refractivity contribution in [1.29, 1.82) is 0 Å². The number of H-pyrrole nitrogens is 1. The number of nitrogens with zero attached hydrogens (tertiary/aromatic N) is 5. The molecule has 0 bridgehead atoms. The van der Waals surface area contributed by atoms with Gasteiger partial charge in [-0.05, 0) is 13.8 Å². The van der Waals surface area contributed by atoms with E-state index in [2.05, 4.69) is 25.6 Å². The zero-order valence-electron chi connectivity index (χ0n) is 10.2. The van der Waals surface area contributed by atoms with Crippen LogP contribution in [-0.2, 0) is 7.05 Å². The molecule has 2 N–H and O–H groups in total. The third-order valence-corrected chi connectivity index (χ3v) is 2.57. The fourth-order valence-corrected chi connectivity index (χ4v) is 1.72. The maximum Gasteiger partial charge on any atom is 0.333 e. The SMILES string of the molecule is Cc1nn(C)c(NC(C)c2ncn[nH]2)c1[N+](=O)[O-]. The molecule has 0 spiro atoms. The molecule has 9 heteroatoms. The molecule has 0 saturated carbocycles. The monoisotopic (exact) mass is 251 g/mol. The van der Waals surface area contributed by atoms with E-state index >= 15 is 0 Å². The minimum atomic E-state index is -0.447. The topological polar surface area (TPSA) is 115 Å². The molecule has 9 nitrogen and oxygen atoms in total. The van der Waals surface area contributed by atoms with Crippen LogP contribution in [-0.4, -0.2) is 29.9 Å². The third-order valence-electron chi connectivity index (χ3n) is 2.57. The number of nitrogens with one attached hydrogen (secondary N) is 2. The van der Waals surface area contributed by atoms with Gasteiger partial charge < -0.3 is 5.32 Å². The van der Waals surface area contributed by atoms with Crippen LogP contribution < -0.4 is 5.32 Å². The Morgan fingerprint density at radius 1 is 1.61 bits per heavy atom. The van der Waals surface area contributed by atoms with Crippen LogP contribution in [0.1, 0.15) is 24.5 Å². The Hall–Kier alpha value is -2.45. The van der Waals surface area contributed by atoms with Crippen LogP contribution in [0.4, 0.5) is 11.5 Å². The zero-order valence-corrected chi connectivity index (χ0v) is 10.2. The van der Waals surface area contributed by atoms with Gasteiger partial charge in [0, 0.05) is 7.05 Å². The second-order valence-electron chi connectivity index (χ2n) is 3.90. The normalized spacial score (nSPS) is 12.4. The Bertz CT molecular complexity index is 560. The molecule has 2 aromatic heterocycles. The number of aromatic nitrogens is 5. The number of aryl methyl sites for hydroxylation is 2. The molecule has 1 unspecified atom stereocenters. The molecule has 0 aliphatic heterocycles. The Kier molecular flexibility index (Phi) is 2.96. The van der Waals surface area contributed by atoms with Crippen LogP contribution in [0.2, 0.25) is 0 Å². The summed E-state index contributed by atoms with van der Waals surface area (Å²) in [5.74, 6) is 0.949. The molecule has 2 rings (SSSR count). The van der Waals surface area contributed by atoms with Gasteiger partial charge in [0.1, 0.15) is 17.8 Å². The van der Waals surface area contributed by atoms with E-state index < -0.39 is 4.92 Å². The Morgan fingerprint density at radius 3 is 2.89 bits per heavy atom. The van der Waals surface area contributed by atoms with E-state index in [1.807, 2.05) is 6.92 Å². The summed E-state index contributed by atoms with van der Waals surface area (Å²) in [6, 6.07) is -0.235. The van der Waals surface area contributed by atoms with Gasteiger partial charge in [-0.25, -0.2) is 9.67 Å². The highest BCUT2D eigenvalue weighted by atomic mass is 16.6. The summed E-state index contributed by atoms with van der Waals surface area (Å²) in [7, 11) is 1.65. The van der Waals surface area contributed by atoms with Crippen LogP contribution in [0.5, 0.6) is 0 Å². The molecule has 0 aliphatic rings. The average Bonchev–Trinajstić information content (AvgIpc) is 2.87. The number of aromatic amines is 1. The predicted octanol–water partition coefficient (Wildman–Crippen LogP) is 0.928. The van der Waals surface area contributed by atoms with Crippen LogP contribution in [0.3, 0.4) is 0 Å². The fourth-order valence-electron chi connectivity index (χ4n) is 1.72. The van der Waals surface area contributed by atoms with E-state index in [1.165, 1.54) is 11.0 Å². The van der Waals surface area contributed by atoms with E-state index in [9.17, 15) is 10.1 Å². The molecular weight excluding hydrogens is 238 g/mol. The van der Waals surface area contributed by atoms with Gasteiger partial charge in [-0.3, -0.25) is 15.2 Å². The molecule has 0 radical (unpaired) electrons. The Balaban J connectivity index is 2.31. The molecule has 0 aliphatic carbocycles. The maximum absolute atomic E-state index is 11.0. The molecule has 96 valence electrons. The lowest BCUT2D eigenvalue weighted by Crippen LogP contribution is -2.12. The second-order valence-corrected chi connectivity index (χ2v) is 3.90. The first-order valence-electron chi connectivity index (χ1n) is 5.30. The molecular formula is C9H13N7O2. The summed E-state index contributed by atoms with van der Waals surface area (Å²) in [6.45, 7) is 3.43. The second kappa shape index (κ2) is 4.43. The van der Waals surface area contributed by atoms with Crippen molar-refractivity contribution in [2.24, 2.45) is 7.05 Å². The highest BCUT2D eigenvalue weighted by Crippen LogP contribution is 2.29. The summed E-state index contributed by atoms with van der Waals surface area (Å²) >= 11 is 0. The van der Waals surface area contributed by atoms with Crippen LogP contribution in [0, 0.1) is 17.0 Å². The number of hydrogen-bond donors (Lipinski definition) is 2. The van der Waals surface area contributed by atoms with E-state index in [0.717, 1.165) is 0 Å². The Morgan fingerprint density at radius 2 is 2.33 bits per heavy atom. The lowest BCUT2D eigenvalue weighted by Gasteiger charge is -2.11. The molecule has 0 amide bonds. The average molecular weight is 251 g/mol. The fraction of sp³-hybridized carbons (Fsp3) is 0.444. The van der Waals surface area contributed by atoms with E-state index in [0.29, 0.717) is 17.3 Å². The standard InChI is InChI=1S/C9H13N7O2/c1-5-7(16(17)18)9(15(3)14-5)12-6(2)8-10-4-11-13-8/h4,6,12H,1-3H3,(H,10,11,13). The number of anilines is 1. The summed E-state index contributed by atoms with van der Waals surface area (Å²) in [4.78, 5) is 14.5. The third kappa shape index (κ3) is 2.01. The minimum absolute atomic E-state index is 0.0242. The molecule has 2 heterocycles. The lowest BCUT2D eigenvalue weighted by molar-refractivity contribution is -0.384. The maximum atomic E-state index is 11.0. The summed E-state index contributed by atoms with van der Waals surface area (Å²) in [5.41, 5.74) is 0.346. The zero-order chi connectivity index (χ0) is 13.3. The van der Waals surface area contributed by atoms with Crippen molar-refractivity contribution in [3.8, 4) is 0 Å². The first-order valence-corrected chi connectivity index (χ1v) is 5.30. The quantitative estimate of drug-likeness (QED) is 0.617. The number of nitro groups is 1. The molecule has 2 aromatic rings. The van der Waals surface area contributed by atoms with Crippen molar-refractivity contribution in [3.63, 3.8) is 0 Å². The van der Waals surface area contributed by atoms with Gasteiger partial charge in [0.2, 0.25) is 5.82 Å². The summed E-state index contributed by atoms with van der Waals surface area (Å²) in [6.07, 6.45) is 1.39. The molecule has 0 aromatic carbocycles. The first-order chi connectivity index (χ1) is 8.50. The smallest absolute Gasteiger partial charge is 0.333 e. The van der Waals surface area contributed by atoms with Gasteiger partial charge in [-0.2, -0.15) is 10.2 Å². The number of hydrogen-bond acceptors (Lipinski definition) is 6. The van der Waals surface area contributed by atoms with Crippen molar-refractivity contribution >= 4 is 11.5 Å². The summed E-state index contributed by atoms with van der Waals surface area (Å²) < 4.78 is 1.44. The highest BCUT2D eigenvalue weighted by molar-refractivity contribution is 5.59. The molecule has 1 atom stereocenters. The van der Waals surface area contributed by atoms with Crippen molar-refractivity contribution in [2.45, 2.75) is 19.9 Å². The van der Waals surface area contributed by atoms with E-state index in [1.54, 1.807) is 14.0 Å². The lowest BCUT2D eigenvalue weighted by atomic mass is 10.3. The highest BCUT2D eigenvalue weighted by Gasteiger charge is 2.25. The molecule has 18 heavy (non-hydrogen) atoms. The van der Waals surface area contributed by atoms with Gasteiger partial charge in [-0.1, -0.05) is 0 Å². The van der Waals surface area contributed by atoms with Crippen LogP contribution in [0.25, 0.3) is 0 Å². The van der Waals surface area contributed by atoms with Crippen molar-refractivity contribution in [3.05, 3.63) is 28.0 Å². The van der Waals surface area contributed by atoms with Gasteiger partial charge >= 0.3 is 5.69 Å². The van der Waals surface area contributed by atoms with Crippen LogP contribution in [0.15, 0.2) is 6.33 Å². The van der Waals surface area contributed by atoms with Crippen molar-refractivity contribution < 1.29 is 4.92 Å². The van der Waals surface area contributed by atoms with E-state index in [4.69, 9.17) is 0 Å². The van der Waals surface area contributed by atoms with Gasteiger partial charge in [0.15, 0.2) is 0 Å². The van der Waals surface area contributed by atoms with Gasteiger partial charge in [-0.15, -0.1) is 0 Å². The first kappa shape index (κ1) is 12.0. The Labute approximate surface area is 102 Å². The summed E-state index contributed by atoms with van der Waals surface area (Å²) in [5, 5.41) is 24.5. The van der Waals surface area contributed by atoms with Crippen LogP contribution >= 0.6 is 0 Å². The predicted molar refractivity (Wildman–Crippen MR) is 63.0 cm³/mol. The van der Waals surface area contributed by atoms with E-state index in [-0.39, 0.29) is 11.7 Å². The van der Waals surface area contributed by atoms with Gasteiger partial charge in [0.25, 0.3) is 0 Å². The largest absolute Gasteiger partial charge is 0.355 e. The van der Waals surface area contributed by atoms with Crippen molar-refractivity contribution in [2.75, 3.05) is 5.32 Å². The minimum Gasteiger partial charge on any atom is -0.355 e. The van der Waals surface area contributed by atoms with Gasteiger partial charge in [0.05, 0.1) is 11.0 Å². The molecule has 0 fully saturated rings. The van der Waals surface area contributed by atoms with Crippen molar-refractivity contribution in [1.82, 2.24) is 25.0 Å². The molecule has 0 saturated heterocycles.